The highest BCUT2D eigenvalue weighted by atomic mass is 32.2. The van der Waals surface area contributed by atoms with Crippen LogP contribution in [0.3, 0.4) is 0 Å². The molecule has 1 saturated carbocycles. The minimum Gasteiger partial charge on any atom is -0.326 e. The van der Waals surface area contributed by atoms with Crippen molar-refractivity contribution in [3.8, 4) is 0 Å². The van der Waals surface area contributed by atoms with Gasteiger partial charge in [-0.05, 0) is 31.9 Å². The number of carbonyl (C=O) groups excluding carboxylic acids is 1. The van der Waals surface area contributed by atoms with E-state index in [1.807, 2.05) is 31.2 Å². The van der Waals surface area contributed by atoms with E-state index >= 15 is 0 Å². The zero-order chi connectivity index (χ0) is 16.2. The first-order valence-corrected chi connectivity index (χ1v) is 9.54. The SMILES string of the molecule is Cc1ccc(NC(=O)CCN(C2CCCC2)S(C)(=O)=O)cc1. The summed E-state index contributed by atoms with van der Waals surface area (Å²) < 4.78 is 25.3. The van der Waals surface area contributed by atoms with Gasteiger partial charge in [0.1, 0.15) is 0 Å². The minimum atomic E-state index is -3.27. The Morgan fingerprint density at radius 2 is 1.82 bits per heavy atom. The van der Waals surface area contributed by atoms with Gasteiger partial charge in [-0.1, -0.05) is 30.5 Å². The highest BCUT2D eigenvalue weighted by Gasteiger charge is 2.29. The van der Waals surface area contributed by atoms with Gasteiger partial charge in [-0.2, -0.15) is 4.31 Å². The van der Waals surface area contributed by atoms with E-state index in [0.29, 0.717) is 0 Å². The van der Waals surface area contributed by atoms with Gasteiger partial charge >= 0.3 is 0 Å². The van der Waals surface area contributed by atoms with Crippen LogP contribution in [0.15, 0.2) is 24.3 Å². The molecule has 122 valence electrons. The molecule has 6 heteroatoms. The van der Waals surface area contributed by atoms with Crippen molar-refractivity contribution in [2.45, 2.75) is 45.1 Å². The molecule has 0 aromatic heterocycles. The first kappa shape index (κ1) is 17.0. The maximum Gasteiger partial charge on any atom is 0.225 e. The number of anilines is 1. The van der Waals surface area contributed by atoms with E-state index in [9.17, 15) is 13.2 Å². The van der Waals surface area contributed by atoms with Gasteiger partial charge < -0.3 is 5.32 Å². The monoisotopic (exact) mass is 324 g/mol. The number of sulfonamides is 1. The van der Waals surface area contributed by atoms with E-state index in [1.165, 1.54) is 10.6 Å². The number of hydrogen-bond donors (Lipinski definition) is 1. The van der Waals surface area contributed by atoms with Gasteiger partial charge in [-0.25, -0.2) is 8.42 Å². The summed E-state index contributed by atoms with van der Waals surface area (Å²) in [6, 6.07) is 7.60. The Hall–Kier alpha value is -1.40. The van der Waals surface area contributed by atoms with E-state index in [1.54, 1.807) is 0 Å². The van der Waals surface area contributed by atoms with Crippen LogP contribution in [-0.4, -0.2) is 37.5 Å². The van der Waals surface area contributed by atoms with Crippen molar-refractivity contribution in [3.05, 3.63) is 29.8 Å². The molecule has 1 fully saturated rings. The minimum absolute atomic E-state index is 0.0576. The molecule has 0 atom stereocenters. The van der Waals surface area contributed by atoms with Gasteiger partial charge in [0, 0.05) is 24.7 Å². The van der Waals surface area contributed by atoms with Gasteiger partial charge in [0.2, 0.25) is 15.9 Å². The fourth-order valence-corrected chi connectivity index (χ4v) is 4.06. The van der Waals surface area contributed by atoms with E-state index in [0.717, 1.165) is 36.9 Å². The number of aryl methyl sites for hydroxylation is 1. The van der Waals surface area contributed by atoms with Crippen molar-refractivity contribution in [2.75, 3.05) is 18.1 Å². The summed E-state index contributed by atoms with van der Waals surface area (Å²) in [7, 11) is -3.27. The molecule has 1 N–H and O–H groups in total. The maximum atomic E-state index is 12.0. The van der Waals surface area contributed by atoms with Crippen LogP contribution in [0.5, 0.6) is 0 Å². The summed E-state index contributed by atoms with van der Waals surface area (Å²) >= 11 is 0. The smallest absolute Gasteiger partial charge is 0.225 e. The standard InChI is InChI=1S/C16H24N2O3S/c1-13-7-9-14(10-8-13)17-16(19)11-12-18(22(2,20)21)15-5-3-4-6-15/h7-10,15H,3-6,11-12H2,1-2H3,(H,17,19). The number of hydrogen-bond acceptors (Lipinski definition) is 3. The van der Waals surface area contributed by atoms with Crippen molar-refractivity contribution in [3.63, 3.8) is 0 Å². The normalized spacial score (nSPS) is 16.1. The van der Waals surface area contributed by atoms with E-state index < -0.39 is 10.0 Å². The number of amides is 1. The van der Waals surface area contributed by atoms with Gasteiger partial charge in [0.15, 0.2) is 0 Å². The Labute approximate surface area is 132 Å². The van der Waals surface area contributed by atoms with Crippen molar-refractivity contribution in [1.82, 2.24) is 4.31 Å². The summed E-state index contributed by atoms with van der Waals surface area (Å²) in [6.45, 7) is 2.23. The number of benzene rings is 1. The Morgan fingerprint density at radius 3 is 2.36 bits per heavy atom. The first-order valence-electron chi connectivity index (χ1n) is 7.69. The molecule has 0 spiro atoms. The van der Waals surface area contributed by atoms with E-state index in [4.69, 9.17) is 0 Å². The molecule has 0 unspecified atom stereocenters. The second-order valence-corrected chi connectivity index (χ2v) is 7.91. The number of nitrogens with zero attached hydrogens (tertiary/aromatic N) is 1. The highest BCUT2D eigenvalue weighted by molar-refractivity contribution is 7.88. The third-order valence-corrected chi connectivity index (χ3v) is 5.39. The van der Waals surface area contributed by atoms with Crippen LogP contribution < -0.4 is 5.32 Å². The third kappa shape index (κ3) is 4.81. The second-order valence-electron chi connectivity index (χ2n) is 5.98. The van der Waals surface area contributed by atoms with Crippen LogP contribution in [0, 0.1) is 6.92 Å². The lowest BCUT2D eigenvalue weighted by molar-refractivity contribution is -0.116. The molecule has 0 aliphatic heterocycles. The van der Waals surface area contributed by atoms with Crippen LogP contribution in [0.2, 0.25) is 0 Å². The number of rotatable bonds is 6. The molecule has 5 nitrogen and oxygen atoms in total. The summed E-state index contributed by atoms with van der Waals surface area (Å²) in [4.78, 5) is 12.0. The first-order chi connectivity index (χ1) is 10.4. The summed E-state index contributed by atoms with van der Waals surface area (Å²) in [5.74, 6) is -0.157. The zero-order valence-corrected chi connectivity index (χ0v) is 14.0. The molecule has 1 aromatic carbocycles. The molecule has 0 heterocycles. The fraction of sp³-hybridized carbons (Fsp3) is 0.562. The van der Waals surface area contributed by atoms with Crippen LogP contribution >= 0.6 is 0 Å². The van der Waals surface area contributed by atoms with E-state index in [2.05, 4.69) is 5.32 Å². The molecule has 1 aromatic rings. The molecular weight excluding hydrogens is 300 g/mol. The predicted octanol–water partition coefficient (Wildman–Crippen LogP) is 2.53. The van der Waals surface area contributed by atoms with Gasteiger partial charge in [-0.3, -0.25) is 4.79 Å². The molecule has 0 radical (unpaired) electrons. The lowest BCUT2D eigenvalue weighted by Crippen LogP contribution is -2.39. The Kier molecular flexibility index (Phi) is 5.58. The van der Waals surface area contributed by atoms with Crippen LogP contribution in [0.1, 0.15) is 37.7 Å². The highest BCUT2D eigenvalue weighted by Crippen LogP contribution is 2.25. The molecule has 2 rings (SSSR count). The average Bonchev–Trinajstić information content (AvgIpc) is 2.94. The van der Waals surface area contributed by atoms with Gasteiger partial charge in [0.25, 0.3) is 0 Å². The molecule has 22 heavy (non-hydrogen) atoms. The Morgan fingerprint density at radius 1 is 1.23 bits per heavy atom. The molecule has 1 aliphatic rings. The van der Waals surface area contributed by atoms with Crippen molar-refractivity contribution >= 4 is 21.6 Å². The quantitative estimate of drug-likeness (QED) is 0.874. The topological polar surface area (TPSA) is 66.5 Å². The Bertz CT molecular complexity index is 605. The van der Waals surface area contributed by atoms with E-state index in [-0.39, 0.29) is 24.9 Å². The predicted molar refractivity (Wildman–Crippen MR) is 88.2 cm³/mol. The summed E-state index contributed by atoms with van der Waals surface area (Å²) in [5.41, 5.74) is 1.87. The second kappa shape index (κ2) is 7.24. The average molecular weight is 324 g/mol. The Balaban J connectivity index is 1.91. The van der Waals surface area contributed by atoms with Crippen LogP contribution in [0.4, 0.5) is 5.69 Å². The molecule has 0 saturated heterocycles. The largest absolute Gasteiger partial charge is 0.326 e. The van der Waals surface area contributed by atoms with Crippen LogP contribution in [-0.2, 0) is 14.8 Å². The third-order valence-electron chi connectivity index (χ3n) is 4.05. The van der Waals surface area contributed by atoms with Gasteiger partial charge in [0.05, 0.1) is 6.26 Å². The number of carbonyl (C=O) groups is 1. The van der Waals surface area contributed by atoms with Crippen molar-refractivity contribution in [2.24, 2.45) is 0 Å². The lowest BCUT2D eigenvalue weighted by Gasteiger charge is -2.26. The zero-order valence-electron chi connectivity index (χ0n) is 13.2. The number of nitrogens with one attached hydrogen (secondary N) is 1. The fourth-order valence-electron chi connectivity index (χ4n) is 2.88. The van der Waals surface area contributed by atoms with Crippen molar-refractivity contribution in [1.29, 1.82) is 0 Å². The van der Waals surface area contributed by atoms with Gasteiger partial charge in [-0.15, -0.1) is 0 Å². The molecule has 1 amide bonds. The van der Waals surface area contributed by atoms with Crippen molar-refractivity contribution < 1.29 is 13.2 Å². The molecule has 0 bridgehead atoms. The summed E-state index contributed by atoms with van der Waals surface area (Å²) in [5, 5.41) is 2.81. The molecule has 1 aliphatic carbocycles. The van der Waals surface area contributed by atoms with Crippen LogP contribution in [0.25, 0.3) is 0 Å². The maximum absolute atomic E-state index is 12.0. The lowest BCUT2D eigenvalue weighted by atomic mass is 10.2. The summed E-state index contributed by atoms with van der Waals surface area (Å²) in [6.07, 6.45) is 5.32. The molecular formula is C16H24N2O3S.